The number of halogens is 1. The van der Waals surface area contributed by atoms with Gasteiger partial charge < -0.3 is 15.2 Å². The van der Waals surface area contributed by atoms with E-state index in [9.17, 15) is 4.39 Å². The first-order valence-electron chi connectivity index (χ1n) is 6.95. The van der Waals surface area contributed by atoms with Crippen molar-refractivity contribution >= 4 is 17.2 Å². The molecule has 0 aliphatic carbocycles. The van der Waals surface area contributed by atoms with E-state index in [-0.39, 0.29) is 5.82 Å². The first-order valence-corrected chi connectivity index (χ1v) is 6.95. The topological polar surface area (TPSA) is 57.4 Å². The molecule has 1 aromatic heterocycles. The Morgan fingerprint density at radius 3 is 2.48 bits per heavy atom. The smallest absolute Gasteiger partial charge is 0.146 e. The molecule has 2 heterocycles. The average molecular weight is 287 g/mol. The minimum Gasteiger partial charge on any atom is -0.368 e. The normalized spacial score (nSPS) is 15.1. The Kier molecular flexibility index (Phi) is 3.87. The van der Waals surface area contributed by atoms with Gasteiger partial charge >= 0.3 is 0 Å². The summed E-state index contributed by atoms with van der Waals surface area (Å²) in [6, 6.07) is 10.8. The molecular formula is C15H18FN5. The molecule has 3 N–H and O–H groups in total. The molecule has 110 valence electrons. The van der Waals surface area contributed by atoms with Crippen molar-refractivity contribution in [2.75, 3.05) is 41.4 Å². The number of piperazine rings is 1. The number of hydrazine groups is 1. The first kappa shape index (κ1) is 13.6. The molecule has 0 saturated carbocycles. The summed E-state index contributed by atoms with van der Waals surface area (Å²) in [4.78, 5) is 8.43. The first-order chi connectivity index (χ1) is 10.3. The van der Waals surface area contributed by atoms with Crippen LogP contribution in [0, 0.1) is 5.82 Å². The van der Waals surface area contributed by atoms with E-state index in [4.69, 9.17) is 5.84 Å². The third kappa shape index (κ3) is 2.90. The second kappa shape index (κ2) is 5.97. The summed E-state index contributed by atoms with van der Waals surface area (Å²) < 4.78 is 13.8. The predicted molar refractivity (Wildman–Crippen MR) is 82.9 cm³/mol. The summed E-state index contributed by atoms with van der Waals surface area (Å²) in [5.41, 5.74) is 4.30. The predicted octanol–water partition coefficient (Wildman–Crippen LogP) is 1.83. The molecular weight excluding hydrogens is 269 g/mol. The summed E-state index contributed by atoms with van der Waals surface area (Å²) in [5.74, 6) is 5.86. The van der Waals surface area contributed by atoms with E-state index < -0.39 is 0 Å². The van der Waals surface area contributed by atoms with Gasteiger partial charge in [0.15, 0.2) is 0 Å². The number of nitrogens with zero attached hydrogens (tertiary/aromatic N) is 3. The van der Waals surface area contributed by atoms with Crippen LogP contribution in [-0.2, 0) is 0 Å². The Labute approximate surface area is 123 Å². The zero-order valence-corrected chi connectivity index (χ0v) is 11.7. The number of hydrogen-bond donors (Lipinski definition) is 2. The minimum absolute atomic E-state index is 0.163. The highest BCUT2D eigenvalue weighted by Crippen LogP contribution is 2.23. The van der Waals surface area contributed by atoms with Crippen LogP contribution in [0.4, 0.5) is 21.6 Å². The van der Waals surface area contributed by atoms with Gasteiger partial charge in [-0.2, -0.15) is 0 Å². The summed E-state index contributed by atoms with van der Waals surface area (Å²) in [6.45, 7) is 3.24. The number of aromatic nitrogens is 1. The molecule has 1 saturated heterocycles. The van der Waals surface area contributed by atoms with Gasteiger partial charge in [0.05, 0.1) is 5.69 Å². The van der Waals surface area contributed by atoms with E-state index in [2.05, 4.69) is 20.2 Å². The van der Waals surface area contributed by atoms with Gasteiger partial charge in [0.25, 0.3) is 0 Å². The largest absolute Gasteiger partial charge is 0.368 e. The van der Waals surface area contributed by atoms with Crippen molar-refractivity contribution < 1.29 is 4.39 Å². The van der Waals surface area contributed by atoms with Gasteiger partial charge in [0.1, 0.15) is 11.6 Å². The number of para-hydroxylation sites is 1. The number of rotatable bonds is 3. The third-order valence-corrected chi connectivity index (χ3v) is 3.73. The number of hydrogen-bond acceptors (Lipinski definition) is 5. The molecule has 1 aromatic carbocycles. The van der Waals surface area contributed by atoms with E-state index in [0.29, 0.717) is 11.5 Å². The summed E-state index contributed by atoms with van der Waals surface area (Å²) in [5, 5.41) is 0. The molecule has 0 amide bonds. The lowest BCUT2D eigenvalue weighted by molar-refractivity contribution is 0.598. The molecule has 1 fully saturated rings. The van der Waals surface area contributed by atoms with Gasteiger partial charge in [-0.15, -0.1) is 0 Å². The second-order valence-electron chi connectivity index (χ2n) is 4.97. The van der Waals surface area contributed by atoms with Crippen LogP contribution in [0.25, 0.3) is 0 Å². The van der Waals surface area contributed by atoms with Crippen LogP contribution in [0.1, 0.15) is 0 Å². The molecule has 1 aliphatic rings. The highest BCUT2D eigenvalue weighted by molar-refractivity contribution is 5.55. The Balaban J connectivity index is 1.69. The standard InChI is InChI=1S/C15H18FN5/c16-13-3-1-2-4-14(13)21-9-7-20(8-10-21)12-5-6-18-15(11-12)19-17/h1-6,11H,7-10,17H2,(H,18,19). The molecule has 6 heteroatoms. The van der Waals surface area contributed by atoms with E-state index in [1.54, 1.807) is 12.3 Å². The zero-order chi connectivity index (χ0) is 14.7. The van der Waals surface area contributed by atoms with Gasteiger partial charge in [0.2, 0.25) is 0 Å². The molecule has 2 aromatic rings. The monoisotopic (exact) mass is 287 g/mol. The number of nitrogens with two attached hydrogens (primary N) is 1. The molecule has 1 aliphatic heterocycles. The van der Waals surface area contributed by atoms with Crippen molar-refractivity contribution in [2.45, 2.75) is 0 Å². The highest BCUT2D eigenvalue weighted by atomic mass is 19.1. The van der Waals surface area contributed by atoms with E-state index in [1.807, 2.05) is 24.3 Å². The molecule has 3 rings (SSSR count). The van der Waals surface area contributed by atoms with Crippen LogP contribution in [0.15, 0.2) is 42.6 Å². The SMILES string of the molecule is NNc1cc(N2CCN(c3ccccc3F)CC2)ccn1. The third-order valence-electron chi connectivity index (χ3n) is 3.73. The molecule has 5 nitrogen and oxygen atoms in total. The maximum atomic E-state index is 13.8. The van der Waals surface area contributed by atoms with Gasteiger partial charge in [-0.3, -0.25) is 0 Å². The fraction of sp³-hybridized carbons (Fsp3) is 0.267. The maximum absolute atomic E-state index is 13.8. The Morgan fingerprint density at radius 1 is 1.05 bits per heavy atom. The van der Waals surface area contributed by atoms with E-state index >= 15 is 0 Å². The Bertz CT molecular complexity index is 611. The van der Waals surface area contributed by atoms with Crippen LogP contribution >= 0.6 is 0 Å². The van der Waals surface area contributed by atoms with Crippen molar-refractivity contribution in [3.05, 3.63) is 48.4 Å². The minimum atomic E-state index is -0.163. The summed E-state index contributed by atoms with van der Waals surface area (Å²) >= 11 is 0. The molecule has 0 unspecified atom stereocenters. The lowest BCUT2D eigenvalue weighted by Crippen LogP contribution is -2.46. The number of nitrogen functional groups attached to an aromatic ring is 1. The van der Waals surface area contributed by atoms with Gasteiger partial charge in [-0.25, -0.2) is 15.2 Å². The van der Waals surface area contributed by atoms with Crippen LogP contribution in [0.5, 0.6) is 0 Å². The summed E-state index contributed by atoms with van der Waals surface area (Å²) in [6.07, 6.45) is 1.73. The Hall–Kier alpha value is -2.34. The molecule has 21 heavy (non-hydrogen) atoms. The van der Waals surface area contributed by atoms with E-state index in [0.717, 1.165) is 31.9 Å². The van der Waals surface area contributed by atoms with Crippen LogP contribution in [0.2, 0.25) is 0 Å². The molecule has 0 bridgehead atoms. The lowest BCUT2D eigenvalue weighted by atomic mass is 10.2. The van der Waals surface area contributed by atoms with Crippen molar-refractivity contribution in [3.63, 3.8) is 0 Å². The molecule has 0 radical (unpaired) electrons. The van der Waals surface area contributed by atoms with Gasteiger partial charge in [-0.05, 0) is 18.2 Å². The van der Waals surface area contributed by atoms with Crippen molar-refractivity contribution in [1.29, 1.82) is 0 Å². The van der Waals surface area contributed by atoms with Crippen molar-refractivity contribution in [1.82, 2.24) is 4.98 Å². The van der Waals surface area contributed by atoms with Crippen LogP contribution < -0.4 is 21.1 Å². The molecule has 0 spiro atoms. The average Bonchev–Trinajstić information content (AvgIpc) is 2.56. The number of pyridine rings is 1. The second-order valence-corrected chi connectivity index (χ2v) is 4.97. The fourth-order valence-electron chi connectivity index (χ4n) is 2.61. The van der Waals surface area contributed by atoms with Crippen LogP contribution in [0.3, 0.4) is 0 Å². The number of anilines is 3. The van der Waals surface area contributed by atoms with Crippen molar-refractivity contribution in [3.8, 4) is 0 Å². The quantitative estimate of drug-likeness (QED) is 0.666. The fourth-order valence-corrected chi connectivity index (χ4v) is 2.61. The number of nitrogens with one attached hydrogen (secondary N) is 1. The van der Waals surface area contributed by atoms with Gasteiger partial charge in [-0.1, -0.05) is 12.1 Å². The van der Waals surface area contributed by atoms with E-state index in [1.165, 1.54) is 6.07 Å². The zero-order valence-electron chi connectivity index (χ0n) is 11.7. The maximum Gasteiger partial charge on any atom is 0.146 e. The van der Waals surface area contributed by atoms with Gasteiger partial charge in [0, 0.05) is 44.1 Å². The number of benzene rings is 1. The van der Waals surface area contributed by atoms with Crippen molar-refractivity contribution in [2.24, 2.45) is 5.84 Å². The lowest BCUT2D eigenvalue weighted by Gasteiger charge is -2.37. The molecule has 0 atom stereocenters. The summed E-state index contributed by atoms with van der Waals surface area (Å²) in [7, 11) is 0. The highest BCUT2D eigenvalue weighted by Gasteiger charge is 2.19. The Morgan fingerprint density at radius 2 is 1.76 bits per heavy atom. The van der Waals surface area contributed by atoms with Crippen LogP contribution in [-0.4, -0.2) is 31.2 Å².